The summed E-state index contributed by atoms with van der Waals surface area (Å²) >= 11 is 1.94. The molecule has 0 saturated heterocycles. The minimum Gasteiger partial charge on any atom is -0.313 e. The Bertz CT molecular complexity index is 296. The van der Waals surface area contributed by atoms with Crippen LogP contribution in [0, 0.1) is 0 Å². The van der Waals surface area contributed by atoms with Crippen LogP contribution in [0.1, 0.15) is 37.0 Å². The number of rotatable bonds is 4. The molecule has 1 heterocycles. The molecule has 2 fully saturated rings. The largest absolute Gasteiger partial charge is 0.313 e. The lowest BCUT2D eigenvalue weighted by Crippen LogP contribution is -2.43. The fourth-order valence-corrected chi connectivity index (χ4v) is 3.31. The average Bonchev–Trinajstić information content (AvgIpc) is 2.78. The van der Waals surface area contributed by atoms with Gasteiger partial charge in [-0.1, -0.05) is 12.5 Å². The summed E-state index contributed by atoms with van der Waals surface area (Å²) in [5, 5.41) is 5.91. The smallest absolute Gasteiger partial charge is 0.0172 e. The molecule has 0 amide bonds. The van der Waals surface area contributed by atoms with Crippen LogP contribution < -0.4 is 5.32 Å². The molecule has 1 aromatic rings. The van der Waals surface area contributed by atoms with Gasteiger partial charge in [0, 0.05) is 22.9 Å². The van der Waals surface area contributed by atoms with E-state index in [1.807, 2.05) is 11.3 Å². The van der Waals surface area contributed by atoms with Gasteiger partial charge in [0.05, 0.1) is 0 Å². The summed E-state index contributed by atoms with van der Waals surface area (Å²) in [4.78, 5) is 1.61. The number of hydrogen-bond acceptors (Lipinski definition) is 2. The molecule has 14 heavy (non-hydrogen) atoms. The molecule has 3 rings (SSSR count). The molecule has 2 saturated carbocycles. The molecule has 2 heteroatoms. The quantitative estimate of drug-likeness (QED) is 0.800. The summed E-state index contributed by atoms with van der Waals surface area (Å²) in [6.07, 6.45) is 7.02. The fraction of sp³-hybridized carbons (Fsp3) is 0.667. The molecule has 1 N–H and O–H groups in total. The minimum atomic E-state index is 0.525. The SMILES string of the molecule is c1csc(C2(CNC3CC3)CCC2)c1. The Labute approximate surface area is 89.5 Å². The maximum Gasteiger partial charge on any atom is 0.0172 e. The normalized spacial score (nSPS) is 24.6. The number of thiophene rings is 1. The highest BCUT2D eigenvalue weighted by Crippen LogP contribution is 2.45. The van der Waals surface area contributed by atoms with Gasteiger partial charge in [0.2, 0.25) is 0 Å². The van der Waals surface area contributed by atoms with Crippen molar-refractivity contribution in [2.24, 2.45) is 0 Å². The number of nitrogens with one attached hydrogen (secondary N) is 1. The van der Waals surface area contributed by atoms with Crippen molar-refractivity contribution in [3.8, 4) is 0 Å². The summed E-state index contributed by atoms with van der Waals surface area (Å²) in [7, 11) is 0. The zero-order valence-electron chi connectivity index (χ0n) is 8.46. The summed E-state index contributed by atoms with van der Waals surface area (Å²) in [6.45, 7) is 1.22. The van der Waals surface area contributed by atoms with E-state index in [1.165, 1.54) is 38.6 Å². The second kappa shape index (κ2) is 3.35. The van der Waals surface area contributed by atoms with Crippen LogP contribution in [0.15, 0.2) is 17.5 Å². The summed E-state index contributed by atoms with van der Waals surface area (Å²) in [5.41, 5.74) is 0.525. The van der Waals surface area contributed by atoms with E-state index in [2.05, 4.69) is 22.8 Å². The predicted molar refractivity (Wildman–Crippen MR) is 60.9 cm³/mol. The van der Waals surface area contributed by atoms with Gasteiger partial charge in [-0.3, -0.25) is 0 Å². The first-order valence-corrected chi connectivity index (χ1v) is 6.54. The van der Waals surface area contributed by atoms with Crippen molar-refractivity contribution in [3.05, 3.63) is 22.4 Å². The molecule has 0 spiro atoms. The summed E-state index contributed by atoms with van der Waals surface area (Å²) in [6, 6.07) is 5.36. The second-order valence-corrected chi connectivity index (χ2v) is 5.71. The Morgan fingerprint density at radius 3 is 2.79 bits per heavy atom. The van der Waals surface area contributed by atoms with E-state index >= 15 is 0 Å². The summed E-state index contributed by atoms with van der Waals surface area (Å²) in [5.74, 6) is 0. The lowest BCUT2D eigenvalue weighted by molar-refractivity contribution is 0.238. The van der Waals surface area contributed by atoms with Crippen LogP contribution in [0.2, 0.25) is 0 Å². The molecular formula is C12H17NS. The van der Waals surface area contributed by atoms with Gasteiger partial charge in [-0.2, -0.15) is 0 Å². The highest BCUT2D eigenvalue weighted by atomic mass is 32.1. The first-order chi connectivity index (χ1) is 6.89. The predicted octanol–water partition coefficient (Wildman–Crippen LogP) is 2.92. The molecule has 0 atom stereocenters. The minimum absolute atomic E-state index is 0.525. The second-order valence-electron chi connectivity index (χ2n) is 4.77. The standard InChI is InChI=1S/C12H17NS/c1-3-11(14-8-1)12(6-2-7-12)9-13-10-4-5-10/h1,3,8,10,13H,2,4-7,9H2. The summed E-state index contributed by atoms with van der Waals surface area (Å²) < 4.78 is 0. The van der Waals surface area contributed by atoms with E-state index < -0.39 is 0 Å². The van der Waals surface area contributed by atoms with Gasteiger partial charge in [0.1, 0.15) is 0 Å². The van der Waals surface area contributed by atoms with Gasteiger partial charge in [0.15, 0.2) is 0 Å². The van der Waals surface area contributed by atoms with E-state index in [9.17, 15) is 0 Å². The van der Waals surface area contributed by atoms with Gasteiger partial charge in [-0.15, -0.1) is 11.3 Å². The first kappa shape index (κ1) is 8.93. The van der Waals surface area contributed by atoms with Crippen molar-refractivity contribution in [2.75, 3.05) is 6.54 Å². The Kier molecular flexibility index (Phi) is 2.14. The van der Waals surface area contributed by atoms with Crippen molar-refractivity contribution >= 4 is 11.3 Å². The molecule has 76 valence electrons. The third-order valence-electron chi connectivity index (χ3n) is 3.66. The van der Waals surface area contributed by atoms with Crippen LogP contribution in [0.4, 0.5) is 0 Å². The molecule has 0 aliphatic heterocycles. The maximum atomic E-state index is 3.69. The van der Waals surface area contributed by atoms with Gasteiger partial charge >= 0.3 is 0 Å². The molecule has 0 aromatic carbocycles. The van der Waals surface area contributed by atoms with Crippen molar-refractivity contribution in [1.82, 2.24) is 5.32 Å². The van der Waals surface area contributed by atoms with E-state index in [1.54, 1.807) is 4.88 Å². The average molecular weight is 207 g/mol. The van der Waals surface area contributed by atoms with E-state index in [-0.39, 0.29) is 0 Å². The zero-order valence-corrected chi connectivity index (χ0v) is 9.28. The zero-order chi connectivity index (χ0) is 9.43. The molecule has 1 nitrogen and oxygen atoms in total. The van der Waals surface area contributed by atoms with E-state index in [4.69, 9.17) is 0 Å². The number of hydrogen-bond donors (Lipinski definition) is 1. The van der Waals surface area contributed by atoms with Crippen LogP contribution in [0.3, 0.4) is 0 Å². The highest BCUT2D eigenvalue weighted by molar-refractivity contribution is 7.10. The lowest BCUT2D eigenvalue weighted by Gasteiger charge is -2.41. The molecular weight excluding hydrogens is 190 g/mol. The third kappa shape index (κ3) is 1.51. The topological polar surface area (TPSA) is 12.0 Å². The van der Waals surface area contributed by atoms with Crippen molar-refractivity contribution in [2.45, 2.75) is 43.6 Å². The molecule has 0 unspecified atom stereocenters. The molecule has 2 aliphatic rings. The lowest BCUT2D eigenvalue weighted by atomic mass is 9.67. The molecule has 0 bridgehead atoms. The molecule has 1 aromatic heterocycles. The van der Waals surface area contributed by atoms with Crippen LogP contribution in [0.5, 0.6) is 0 Å². The van der Waals surface area contributed by atoms with Gasteiger partial charge in [-0.25, -0.2) is 0 Å². The Balaban J connectivity index is 1.70. The Morgan fingerprint density at radius 1 is 1.43 bits per heavy atom. The van der Waals surface area contributed by atoms with Crippen LogP contribution in [-0.4, -0.2) is 12.6 Å². The van der Waals surface area contributed by atoms with E-state index in [0.29, 0.717) is 5.41 Å². The van der Waals surface area contributed by atoms with Gasteiger partial charge in [0.25, 0.3) is 0 Å². The van der Waals surface area contributed by atoms with Crippen molar-refractivity contribution < 1.29 is 0 Å². The maximum absolute atomic E-state index is 3.69. The fourth-order valence-electron chi connectivity index (χ4n) is 2.32. The Morgan fingerprint density at radius 2 is 2.29 bits per heavy atom. The Hall–Kier alpha value is -0.340. The monoisotopic (exact) mass is 207 g/mol. The van der Waals surface area contributed by atoms with E-state index in [0.717, 1.165) is 6.04 Å². The molecule has 2 aliphatic carbocycles. The molecule has 0 radical (unpaired) electrons. The van der Waals surface area contributed by atoms with Crippen LogP contribution in [0.25, 0.3) is 0 Å². The first-order valence-electron chi connectivity index (χ1n) is 5.66. The van der Waals surface area contributed by atoms with Crippen LogP contribution >= 0.6 is 11.3 Å². The third-order valence-corrected chi connectivity index (χ3v) is 4.78. The van der Waals surface area contributed by atoms with Gasteiger partial charge < -0.3 is 5.32 Å². The van der Waals surface area contributed by atoms with Crippen LogP contribution in [-0.2, 0) is 5.41 Å². The van der Waals surface area contributed by atoms with Gasteiger partial charge in [-0.05, 0) is 37.1 Å². The van der Waals surface area contributed by atoms with Crippen molar-refractivity contribution in [3.63, 3.8) is 0 Å². The highest BCUT2D eigenvalue weighted by Gasteiger charge is 2.40. The van der Waals surface area contributed by atoms with Crippen molar-refractivity contribution in [1.29, 1.82) is 0 Å².